The van der Waals surface area contributed by atoms with Crippen LogP contribution < -0.4 is 4.72 Å². The number of phenolic OH excluding ortho intramolecular Hbond substituents is 1. The average Bonchev–Trinajstić information content (AvgIpc) is 2.77. The normalized spacial score (nSPS) is 17.2. The van der Waals surface area contributed by atoms with Crippen LogP contribution in [0.1, 0.15) is 18.4 Å². The number of phenols is 1. The molecule has 0 saturated carbocycles. The molecule has 0 amide bonds. The van der Waals surface area contributed by atoms with E-state index in [1.165, 1.54) is 10.4 Å². The van der Waals surface area contributed by atoms with Crippen LogP contribution in [0.15, 0.2) is 18.2 Å². The molecule has 1 aromatic rings. The van der Waals surface area contributed by atoms with E-state index >= 15 is 0 Å². The molecular formula is C11H16N2O3S. The molecule has 2 rings (SSSR count). The number of nitrogens with one attached hydrogen (secondary N) is 1. The summed E-state index contributed by atoms with van der Waals surface area (Å²) < 4.78 is 27.8. The molecule has 0 aliphatic carbocycles. The minimum Gasteiger partial charge on any atom is -0.508 e. The van der Waals surface area contributed by atoms with Crippen molar-refractivity contribution in [2.75, 3.05) is 17.8 Å². The summed E-state index contributed by atoms with van der Waals surface area (Å²) in [6, 6.07) is 4.74. The third-order valence-electron chi connectivity index (χ3n) is 2.86. The van der Waals surface area contributed by atoms with E-state index in [9.17, 15) is 13.5 Å². The molecule has 1 heterocycles. The Balaban J connectivity index is 2.17. The molecule has 1 aliphatic heterocycles. The summed E-state index contributed by atoms with van der Waals surface area (Å²) in [6.07, 6.45) is 1.81. The van der Waals surface area contributed by atoms with Crippen LogP contribution in [-0.2, 0) is 10.2 Å². The molecule has 0 unspecified atom stereocenters. The van der Waals surface area contributed by atoms with Gasteiger partial charge in [0.15, 0.2) is 0 Å². The van der Waals surface area contributed by atoms with E-state index in [0.717, 1.165) is 12.8 Å². The summed E-state index contributed by atoms with van der Waals surface area (Å²) >= 11 is 0. The fourth-order valence-corrected chi connectivity index (χ4v) is 3.11. The number of aryl methyl sites for hydroxylation is 1. The first kappa shape index (κ1) is 12.2. The Kier molecular flexibility index (Phi) is 3.26. The summed E-state index contributed by atoms with van der Waals surface area (Å²) in [5.41, 5.74) is 1.11. The van der Waals surface area contributed by atoms with Gasteiger partial charge in [0, 0.05) is 19.2 Å². The molecule has 1 aliphatic rings. The van der Waals surface area contributed by atoms with E-state index in [0.29, 0.717) is 24.3 Å². The van der Waals surface area contributed by atoms with Crippen molar-refractivity contribution in [3.05, 3.63) is 23.8 Å². The van der Waals surface area contributed by atoms with Gasteiger partial charge in [-0.1, -0.05) is 6.07 Å². The second-order valence-corrected chi connectivity index (χ2v) is 5.89. The molecule has 1 fully saturated rings. The van der Waals surface area contributed by atoms with E-state index in [1.807, 2.05) is 0 Å². The molecule has 0 spiro atoms. The van der Waals surface area contributed by atoms with Crippen molar-refractivity contribution in [1.82, 2.24) is 4.31 Å². The molecule has 0 bridgehead atoms. The molecule has 0 atom stereocenters. The minimum absolute atomic E-state index is 0.0895. The predicted octanol–water partition coefficient (Wildman–Crippen LogP) is 1.45. The first-order valence-corrected chi connectivity index (χ1v) is 7.00. The highest BCUT2D eigenvalue weighted by molar-refractivity contribution is 7.90. The zero-order chi connectivity index (χ0) is 12.5. The third-order valence-corrected chi connectivity index (χ3v) is 4.40. The van der Waals surface area contributed by atoms with Gasteiger partial charge in [0.1, 0.15) is 5.75 Å². The summed E-state index contributed by atoms with van der Waals surface area (Å²) in [5, 5.41) is 9.51. The Morgan fingerprint density at radius 1 is 1.29 bits per heavy atom. The molecule has 0 radical (unpaired) electrons. The predicted molar refractivity (Wildman–Crippen MR) is 66.2 cm³/mol. The second kappa shape index (κ2) is 4.54. The van der Waals surface area contributed by atoms with Gasteiger partial charge in [-0.2, -0.15) is 12.7 Å². The maximum absolute atomic E-state index is 11.9. The van der Waals surface area contributed by atoms with Gasteiger partial charge in [0.25, 0.3) is 0 Å². The van der Waals surface area contributed by atoms with Gasteiger partial charge in [-0.05, 0) is 31.4 Å². The van der Waals surface area contributed by atoms with Crippen LogP contribution in [0, 0.1) is 6.92 Å². The number of rotatable bonds is 3. The lowest BCUT2D eigenvalue weighted by molar-refractivity contribution is 0.471. The van der Waals surface area contributed by atoms with E-state index in [1.54, 1.807) is 19.1 Å². The number of nitrogens with zero attached hydrogens (tertiary/aromatic N) is 1. The Morgan fingerprint density at radius 3 is 2.53 bits per heavy atom. The van der Waals surface area contributed by atoms with Gasteiger partial charge in [0.05, 0.1) is 5.69 Å². The third kappa shape index (κ3) is 2.70. The molecule has 0 aromatic heterocycles. The average molecular weight is 256 g/mol. The van der Waals surface area contributed by atoms with E-state index < -0.39 is 10.2 Å². The van der Waals surface area contributed by atoms with Gasteiger partial charge in [-0.3, -0.25) is 4.72 Å². The zero-order valence-electron chi connectivity index (χ0n) is 9.68. The van der Waals surface area contributed by atoms with E-state index in [4.69, 9.17) is 0 Å². The number of benzene rings is 1. The highest BCUT2D eigenvalue weighted by atomic mass is 32.2. The Bertz CT molecular complexity index is 507. The largest absolute Gasteiger partial charge is 0.508 e. The molecule has 94 valence electrons. The lowest BCUT2D eigenvalue weighted by Crippen LogP contribution is -2.33. The van der Waals surface area contributed by atoms with Gasteiger partial charge in [-0.25, -0.2) is 0 Å². The van der Waals surface area contributed by atoms with Crippen LogP contribution in [0.5, 0.6) is 5.75 Å². The van der Waals surface area contributed by atoms with Crippen molar-refractivity contribution in [3.63, 3.8) is 0 Å². The van der Waals surface area contributed by atoms with Crippen molar-refractivity contribution in [1.29, 1.82) is 0 Å². The van der Waals surface area contributed by atoms with Gasteiger partial charge in [-0.15, -0.1) is 0 Å². The van der Waals surface area contributed by atoms with Crippen molar-refractivity contribution in [2.24, 2.45) is 0 Å². The molecule has 5 nitrogen and oxygen atoms in total. The van der Waals surface area contributed by atoms with Crippen LogP contribution in [0.2, 0.25) is 0 Å². The van der Waals surface area contributed by atoms with Gasteiger partial charge in [0.2, 0.25) is 0 Å². The first-order valence-electron chi connectivity index (χ1n) is 5.56. The smallest absolute Gasteiger partial charge is 0.301 e. The lowest BCUT2D eigenvalue weighted by atomic mass is 10.2. The summed E-state index contributed by atoms with van der Waals surface area (Å²) in [6.45, 7) is 2.88. The second-order valence-electron chi connectivity index (χ2n) is 4.21. The lowest BCUT2D eigenvalue weighted by Gasteiger charge is -2.17. The van der Waals surface area contributed by atoms with Crippen LogP contribution >= 0.6 is 0 Å². The molecule has 1 aromatic carbocycles. The van der Waals surface area contributed by atoms with Crippen molar-refractivity contribution >= 4 is 15.9 Å². The Hall–Kier alpha value is -1.27. The van der Waals surface area contributed by atoms with Crippen molar-refractivity contribution in [2.45, 2.75) is 19.8 Å². The number of hydrogen-bond donors (Lipinski definition) is 2. The minimum atomic E-state index is -3.47. The Labute approximate surface area is 101 Å². The van der Waals surface area contributed by atoms with E-state index in [2.05, 4.69) is 4.72 Å². The highest BCUT2D eigenvalue weighted by Crippen LogP contribution is 2.23. The zero-order valence-corrected chi connectivity index (χ0v) is 10.5. The first-order chi connectivity index (χ1) is 7.99. The summed E-state index contributed by atoms with van der Waals surface area (Å²) in [7, 11) is -3.47. The van der Waals surface area contributed by atoms with Crippen molar-refractivity contribution in [3.8, 4) is 5.75 Å². The molecule has 6 heteroatoms. The van der Waals surface area contributed by atoms with Gasteiger partial charge < -0.3 is 5.11 Å². The summed E-state index contributed by atoms with van der Waals surface area (Å²) in [5.74, 6) is 0.0895. The van der Waals surface area contributed by atoms with E-state index in [-0.39, 0.29) is 5.75 Å². The van der Waals surface area contributed by atoms with Crippen LogP contribution in [-0.4, -0.2) is 30.9 Å². The summed E-state index contributed by atoms with van der Waals surface area (Å²) in [4.78, 5) is 0. The monoisotopic (exact) mass is 256 g/mol. The van der Waals surface area contributed by atoms with Crippen LogP contribution in [0.4, 0.5) is 5.69 Å². The number of aromatic hydroxyl groups is 1. The number of anilines is 1. The Morgan fingerprint density at radius 2 is 1.94 bits per heavy atom. The van der Waals surface area contributed by atoms with Crippen LogP contribution in [0.3, 0.4) is 0 Å². The quantitative estimate of drug-likeness (QED) is 0.860. The van der Waals surface area contributed by atoms with Gasteiger partial charge >= 0.3 is 10.2 Å². The molecule has 17 heavy (non-hydrogen) atoms. The SMILES string of the molecule is Cc1ccc(NS(=O)(=O)N2CCCC2)cc1O. The number of hydrogen-bond acceptors (Lipinski definition) is 3. The molecule has 2 N–H and O–H groups in total. The van der Waals surface area contributed by atoms with Crippen molar-refractivity contribution < 1.29 is 13.5 Å². The fourth-order valence-electron chi connectivity index (χ4n) is 1.81. The maximum Gasteiger partial charge on any atom is 0.301 e. The molecular weight excluding hydrogens is 240 g/mol. The standard InChI is InChI=1S/C11H16N2O3S/c1-9-4-5-10(8-11(9)14)12-17(15,16)13-6-2-3-7-13/h4-5,8,12,14H,2-3,6-7H2,1H3. The fraction of sp³-hybridized carbons (Fsp3) is 0.455. The molecule has 1 saturated heterocycles. The highest BCUT2D eigenvalue weighted by Gasteiger charge is 2.25. The topological polar surface area (TPSA) is 69.6 Å². The van der Waals surface area contributed by atoms with Crippen LogP contribution in [0.25, 0.3) is 0 Å². The maximum atomic E-state index is 11.9.